The van der Waals surface area contributed by atoms with Gasteiger partial charge in [-0.05, 0) is 38.4 Å². The highest BCUT2D eigenvalue weighted by molar-refractivity contribution is 5.39. The molecule has 0 aliphatic carbocycles. The van der Waals surface area contributed by atoms with Crippen LogP contribution >= 0.6 is 0 Å². The number of ether oxygens (including phenoxy) is 2. The van der Waals surface area contributed by atoms with Gasteiger partial charge >= 0.3 is 0 Å². The first-order valence-electron chi connectivity index (χ1n) is 7.36. The maximum Gasteiger partial charge on any atom is 0.161 e. The van der Waals surface area contributed by atoms with Gasteiger partial charge in [0.15, 0.2) is 11.5 Å². The van der Waals surface area contributed by atoms with Crippen molar-refractivity contribution in [2.45, 2.75) is 39.2 Å². The molecule has 0 spiro atoms. The van der Waals surface area contributed by atoms with Crippen LogP contribution in [0.4, 0.5) is 0 Å². The molecule has 0 heterocycles. The molecule has 0 amide bonds. The van der Waals surface area contributed by atoms with Crippen LogP contribution < -0.4 is 14.8 Å². The highest BCUT2D eigenvalue weighted by atomic mass is 16.5. The zero-order valence-corrected chi connectivity index (χ0v) is 12.8. The molecule has 0 bridgehead atoms. The molecule has 1 unspecified atom stereocenters. The molecule has 0 radical (unpaired) electrons. The highest BCUT2D eigenvalue weighted by Gasteiger charge is 2.21. The second-order valence-corrected chi connectivity index (χ2v) is 5.26. The molecule has 1 atom stereocenters. The number of benzene rings is 1. The van der Waals surface area contributed by atoms with Crippen molar-refractivity contribution in [3.05, 3.63) is 24.3 Å². The molecule has 4 nitrogen and oxygen atoms in total. The predicted molar refractivity (Wildman–Crippen MR) is 81.5 cm³/mol. The Morgan fingerprint density at radius 2 is 1.75 bits per heavy atom. The second-order valence-electron chi connectivity index (χ2n) is 5.26. The molecule has 0 saturated heterocycles. The number of nitrogens with one attached hydrogen (secondary N) is 1. The Morgan fingerprint density at radius 3 is 2.35 bits per heavy atom. The van der Waals surface area contributed by atoms with Crippen LogP contribution in [0.3, 0.4) is 0 Å². The third-order valence-electron chi connectivity index (χ3n) is 2.78. The molecule has 1 aromatic rings. The van der Waals surface area contributed by atoms with Gasteiger partial charge in [-0.2, -0.15) is 0 Å². The maximum atomic E-state index is 10.2. The zero-order valence-electron chi connectivity index (χ0n) is 12.8. The molecular weight excluding hydrogens is 254 g/mol. The monoisotopic (exact) mass is 281 g/mol. The minimum atomic E-state index is -0.896. The van der Waals surface area contributed by atoms with E-state index < -0.39 is 5.60 Å². The average molecular weight is 281 g/mol. The number of para-hydroxylation sites is 2. The highest BCUT2D eigenvalue weighted by Crippen LogP contribution is 2.27. The van der Waals surface area contributed by atoms with E-state index in [1.54, 1.807) is 6.92 Å². The van der Waals surface area contributed by atoms with Gasteiger partial charge in [0.05, 0.1) is 6.61 Å². The minimum absolute atomic E-state index is 0.232. The van der Waals surface area contributed by atoms with Gasteiger partial charge in [-0.25, -0.2) is 0 Å². The van der Waals surface area contributed by atoms with Crippen LogP contribution in [0.2, 0.25) is 0 Å². The van der Waals surface area contributed by atoms with Gasteiger partial charge < -0.3 is 19.9 Å². The molecule has 1 rings (SSSR count). The summed E-state index contributed by atoms with van der Waals surface area (Å²) in [7, 11) is 0. The van der Waals surface area contributed by atoms with Crippen LogP contribution in [0.1, 0.15) is 33.6 Å². The SMILES string of the molecule is CCCNCC(C)(O)COc1ccccc1OCCC. The van der Waals surface area contributed by atoms with Crippen LogP contribution in [0.25, 0.3) is 0 Å². The van der Waals surface area contributed by atoms with Crippen molar-refractivity contribution in [2.24, 2.45) is 0 Å². The Morgan fingerprint density at radius 1 is 1.10 bits per heavy atom. The van der Waals surface area contributed by atoms with Crippen molar-refractivity contribution < 1.29 is 14.6 Å². The van der Waals surface area contributed by atoms with Crippen LogP contribution in [-0.2, 0) is 0 Å². The van der Waals surface area contributed by atoms with Gasteiger partial charge in [-0.15, -0.1) is 0 Å². The molecule has 0 saturated carbocycles. The van der Waals surface area contributed by atoms with Gasteiger partial charge in [0.1, 0.15) is 12.2 Å². The molecule has 0 fully saturated rings. The molecule has 20 heavy (non-hydrogen) atoms. The lowest BCUT2D eigenvalue weighted by Crippen LogP contribution is -2.43. The zero-order chi connectivity index (χ0) is 14.8. The summed E-state index contributed by atoms with van der Waals surface area (Å²) in [5.41, 5.74) is -0.896. The normalized spacial score (nSPS) is 13.8. The minimum Gasteiger partial charge on any atom is -0.490 e. The van der Waals surface area contributed by atoms with Gasteiger partial charge in [0.2, 0.25) is 0 Å². The summed E-state index contributed by atoms with van der Waals surface area (Å²) in [5.74, 6) is 1.41. The van der Waals surface area contributed by atoms with Crippen LogP contribution in [0.5, 0.6) is 11.5 Å². The van der Waals surface area contributed by atoms with Crippen LogP contribution in [0.15, 0.2) is 24.3 Å². The Hall–Kier alpha value is -1.26. The molecule has 0 aromatic heterocycles. The first kappa shape index (κ1) is 16.8. The molecule has 114 valence electrons. The van der Waals surface area contributed by atoms with E-state index in [9.17, 15) is 5.11 Å². The largest absolute Gasteiger partial charge is 0.490 e. The van der Waals surface area contributed by atoms with E-state index in [0.717, 1.165) is 25.1 Å². The van der Waals surface area contributed by atoms with Crippen molar-refractivity contribution in [1.82, 2.24) is 5.32 Å². The van der Waals surface area contributed by atoms with Gasteiger partial charge in [0, 0.05) is 6.54 Å². The van der Waals surface area contributed by atoms with E-state index in [0.29, 0.717) is 18.9 Å². The van der Waals surface area contributed by atoms with Crippen molar-refractivity contribution in [1.29, 1.82) is 0 Å². The van der Waals surface area contributed by atoms with Crippen LogP contribution in [0, 0.1) is 0 Å². The quantitative estimate of drug-likeness (QED) is 0.647. The van der Waals surface area contributed by atoms with Gasteiger partial charge in [-0.3, -0.25) is 0 Å². The van der Waals surface area contributed by atoms with Crippen molar-refractivity contribution in [2.75, 3.05) is 26.3 Å². The topological polar surface area (TPSA) is 50.7 Å². The van der Waals surface area contributed by atoms with Crippen LogP contribution in [-0.4, -0.2) is 37.0 Å². The Kier molecular flexibility index (Phi) is 7.41. The summed E-state index contributed by atoms with van der Waals surface area (Å²) in [6, 6.07) is 7.56. The Labute approximate surface area is 122 Å². The summed E-state index contributed by atoms with van der Waals surface area (Å²) in [4.78, 5) is 0. The predicted octanol–water partition coefficient (Wildman–Crippen LogP) is 2.60. The lowest BCUT2D eigenvalue weighted by atomic mass is 10.1. The summed E-state index contributed by atoms with van der Waals surface area (Å²) >= 11 is 0. The molecular formula is C16H27NO3. The van der Waals surface area contributed by atoms with E-state index in [-0.39, 0.29) is 6.61 Å². The molecule has 0 aliphatic rings. The van der Waals surface area contributed by atoms with Gasteiger partial charge in [0.25, 0.3) is 0 Å². The van der Waals surface area contributed by atoms with Crippen molar-refractivity contribution >= 4 is 0 Å². The summed E-state index contributed by atoms with van der Waals surface area (Å²) in [5, 5.41) is 13.4. The fraction of sp³-hybridized carbons (Fsp3) is 0.625. The molecule has 2 N–H and O–H groups in total. The third kappa shape index (κ3) is 6.26. The summed E-state index contributed by atoms with van der Waals surface area (Å²) in [6.07, 6.45) is 2.00. The first-order chi connectivity index (χ1) is 9.59. The smallest absolute Gasteiger partial charge is 0.161 e. The lowest BCUT2D eigenvalue weighted by molar-refractivity contribution is 0.0116. The van der Waals surface area contributed by atoms with Crippen molar-refractivity contribution in [3.8, 4) is 11.5 Å². The lowest BCUT2D eigenvalue weighted by Gasteiger charge is -2.24. The maximum absolute atomic E-state index is 10.2. The first-order valence-corrected chi connectivity index (χ1v) is 7.36. The Bertz CT molecular complexity index is 380. The molecule has 1 aromatic carbocycles. The average Bonchev–Trinajstić information content (AvgIpc) is 2.44. The number of hydrogen-bond acceptors (Lipinski definition) is 4. The van der Waals surface area contributed by atoms with E-state index in [2.05, 4.69) is 19.2 Å². The van der Waals surface area contributed by atoms with Gasteiger partial charge in [-0.1, -0.05) is 26.0 Å². The Balaban J connectivity index is 2.51. The summed E-state index contributed by atoms with van der Waals surface area (Å²) < 4.78 is 11.3. The van der Waals surface area contributed by atoms with E-state index >= 15 is 0 Å². The van der Waals surface area contributed by atoms with E-state index in [1.165, 1.54) is 0 Å². The van der Waals surface area contributed by atoms with Crippen molar-refractivity contribution in [3.63, 3.8) is 0 Å². The van der Waals surface area contributed by atoms with E-state index in [1.807, 2.05) is 24.3 Å². The molecule has 4 heteroatoms. The number of rotatable bonds is 10. The fourth-order valence-electron chi connectivity index (χ4n) is 1.72. The standard InChI is InChI=1S/C16H27NO3/c1-4-10-17-12-16(3,18)13-20-15-9-7-6-8-14(15)19-11-5-2/h6-9,17-18H,4-5,10-13H2,1-3H3. The molecule has 0 aliphatic heterocycles. The number of hydrogen-bond donors (Lipinski definition) is 2. The summed E-state index contributed by atoms with van der Waals surface area (Å²) in [6.45, 7) is 8.23. The number of aliphatic hydroxyl groups is 1. The fourth-order valence-corrected chi connectivity index (χ4v) is 1.72. The van der Waals surface area contributed by atoms with E-state index in [4.69, 9.17) is 9.47 Å². The third-order valence-corrected chi connectivity index (χ3v) is 2.78. The second kappa shape index (κ2) is 8.82.